The minimum absolute atomic E-state index is 0.118. The average molecular weight is 443 g/mol. The topological polar surface area (TPSA) is 80.3 Å². The molecular formula is C29H17NO4. The second kappa shape index (κ2) is 6.58. The largest absolute Gasteiger partial charge is 0.377 e. The van der Waals surface area contributed by atoms with Crippen molar-refractivity contribution in [1.82, 2.24) is 0 Å². The summed E-state index contributed by atoms with van der Waals surface area (Å²) in [6.45, 7) is 0. The molecule has 3 aromatic carbocycles. The van der Waals surface area contributed by atoms with Crippen LogP contribution in [-0.4, -0.2) is 29.2 Å². The molecule has 5 heteroatoms. The van der Waals surface area contributed by atoms with Gasteiger partial charge in [0.15, 0.2) is 23.1 Å². The molecule has 0 spiro atoms. The van der Waals surface area contributed by atoms with E-state index < -0.39 is 0 Å². The van der Waals surface area contributed by atoms with Gasteiger partial charge in [-0.05, 0) is 18.1 Å². The molecule has 0 saturated heterocycles. The van der Waals surface area contributed by atoms with E-state index in [2.05, 4.69) is 5.32 Å². The molecule has 5 nitrogen and oxygen atoms in total. The van der Waals surface area contributed by atoms with E-state index >= 15 is 0 Å². The molecule has 0 aromatic heterocycles. The van der Waals surface area contributed by atoms with Gasteiger partial charge < -0.3 is 5.32 Å². The van der Waals surface area contributed by atoms with Crippen LogP contribution in [0.15, 0.2) is 84.0 Å². The second-order valence-electron chi connectivity index (χ2n) is 9.10. The van der Waals surface area contributed by atoms with Crippen LogP contribution in [0.25, 0.3) is 0 Å². The van der Waals surface area contributed by atoms with Crippen molar-refractivity contribution in [2.24, 2.45) is 5.92 Å². The molecule has 34 heavy (non-hydrogen) atoms. The first-order chi connectivity index (χ1) is 16.5. The predicted octanol–water partition coefficient (Wildman–Crippen LogP) is 4.36. The fourth-order valence-electron chi connectivity index (χ4n) is 5.81. The van der Waals surface area contributed by atoms with Crippen molar-refractivity contribution in [3.63, 3.8) is 0 Å². The molecule has 1 N–H and O–H groups in total. The molecule has 3 aromatic rings. The highest BCUT2D eigenvalue weighted by molar-refractivity contribution is 6.31. The zero-order valence-electron chi connectivity index (χ0n) is 17.9. The maximum absolute atomic E-state index is 13.5. The van der Waals surface area contributed by atoms with Crippen molar-refractivity contribution in [1.29, 1.82) is 0 Å². The van der Waals surface area contributed by atoms with Crippen molar-refractivity contribution in [3.05, 3.63) is 123 Å². The van der Waals surface area contributed by atoms with Crippen molar-refractivity contribution in [3.8, 4) is 0 Å². The SMILES string of the molecule is O=C1C2=C(C(=O)c3ccccc31)C1Cc3ccc4c(c3NC1C=C2)C(=O)c1ccccc1C4=O. The lowest BCUT2D eigenvalue weighted by Crippen LogP contribution is -2.42. The zero-order chi connectivity index (χ0) is 23.1. The summed E-state index contributed by atoms with van der Waals surface area (Å²) in [5.41, 5.74) is 4.99. The van der Waals surface area contributed by atoms with E-state index in [4.69, 9.17) is 0 Å². The molecule has 2 atom stereocenters. The van der Waals surface area contributed by atoms with Gasteiger partial charge in [-0.2, -0.15) is 0 Å². The summed E-state index contributed by atoms with van der Waals surface area (Å²) in [5, 5.41) is 3.44. The highest BCUT2D eigenvalue weighted by Gasteiger charge is 2.43. The number of allylic oxidation sites excluding steroid dienone is 2. The molecule has 0 amide bonds. The molecule has 0 bridgehead atoms. The van der Waals surface area contributed by atoms with E-state index in [0.717, 1.165) is 5.56 Å². The summed E-state index contributed by atoms with van der Waals surface area (Å²) in [6, 6.07) is 17.1. The van der Waals surface area contributed by atoms with Gasteiger partial charge in [-0.15, -0.1) is 0 Å². The normalized spacial score (nSPS) is 21.6. The van der Waals surface area contributed by atoms with Crippen LogP contribution in [0.1, 0.15) is 58.1 Å². The van der Waals surface area contributed by atoms with Crippen LogP contribution in [0.2, 0.25) is 0 Å². The molecule has 4 aliphatic rings. The third kappa shape index (κ3) is 2.33. The Balaban J connectivity index is 1.35. The summed E-state index contributed by atoms with van der Waals surface area (Å²) in [5.74, 6) is -0.824. The highest BCUT2D eigenvalue weighted by Crippen LogP contribution is 2.44. The molecule has 0 fully saturated rings. The van der Waals surface area contributed by atoms with E-state index in [9.17, 15) is 19.2 Å². The summed E-state index contributed by atoms with van der Waals surface area (Å²) in [6.07, 6.45) is 4.12. The number of hydrogen-bond donors (Lipinski definition) is 1. The fraction of sp³-hybridized carbons (Fsp3) is 0.103. The Morgan fingerprint density at radius 2 is 1.26 bits per heavy atom. The lowest BCUT2D eigenvalue weighted by atomic mass is 9.69. The smallest absolute Gasteiger partial charge is 0.196 e. The number of ketones is 4. The van der Waals surface area contributed by atoms with Gasteiger partial charge in [-0.25, -0.2) is 0 Å². The Labute approximate surface area is 194 Å². The monoisotopic (exact) mass is 443 g/mol. The fourth-order valence-corrected chi connectivity index (χ4v) is 5.81. The number of hydrogen-bond acceptors (Lipinski definition) is 5. The molecular weight excluding hydrogens is 426 g/mol. The first-order valence-electron chi connectivity index (χ1n) is 11.3. The van der Waals surface area contributed by atoms with Gasteiger partial charge in [0.05, 0.1) is 11.6 Å². The van der Waals surface area contributed by atoms with E-state index in [0.29, 0.717) is 56.6 Å². The van der Waals surface area contributed by atoms with Crippen molar-refractivity contribution >= 4 is 28.8 Å². The van der Waals surface area contributed by atoms with E-state index in [1.807, 2.05) is 12.1 Å². The lowest BCUT2D eigenvalue weighted by Gasteiger charge is -2.39. The number of benzene rings is 3. The van der Waals surface area contributed by atoms with Gasteiger partial charge in [0.25, 0.3) is 0 Å². The molecule has 3 aliphatic carbocycles. The number of carbonyl (C=O) groups is 4. The molecule has 0 saturated carbocycles. The Bertz CT molecular complexity index is 1590. The van der Waals surface area contributed by atoms with Gasteiger partial charge in [0.1, 0.15) is 0 Å². The van der Waals surface area contributed by atoms with Crippen LogP contribution < -0.4 is 5.32 Å². The molecule has 1 aliphatic heterocycles. The summed E-state index contributed by atoms with van der Waals surface area (Å²) >= 11 is 0. The number of fused-ring (bicyclic) bond motifs is 7. The minimum atomic E-state index is -0.264. The number of anilines is 1. The number of carbonyl (C=O) groups excluding carboxylic acids is 4. The third-order valence-corrected chi connectivity index (χ3v) is 7.40. The molecule has 7 rings (SSSR count). The number of nitrogens with one attached hydrogen (secondary N) is 1. The maximum Gasteiger partial charge on any atom is 0.196 e. The standard InChI is InChI=1S/C29H17NO4/c31-26-15-5-1-3-7-17(15)28(33)23-19(26)11-12-22-21(23)13-14-9-10-20-24(25(14)30-22)29(34)18-8-4-2-6-16(18)27(20)32/h1-12,21-22,30H,13H2. The maximum atomic E-state index is 13.5. The molecule has 162 valence electrons. The van der Waals surface area contributed by atoms with Gasteiger partial charge in [-0.3, -0.25) is 19.2 Å². The third-order valence-electron chi connectivity index (χ3n) is 7.40. The van der Waals surface area contributed by atoms with Crippen molar-refractivity contribution < 1.29 is 19.2 Å². The summed E-state index contributed by atoms with van der Waals surface area (Å²) in [7, 11) is 0. The zero-order valence-corrected chi connectivity index (χ0v) is 17.9. The van der Waals surface area contributed by atoms with Crippen LogP contribution in [0.5, 0.6) is 0 Å². The average Bonchev–Trinajstić information content (AvgIpc) is 2.88. The van der Waals surface area contributed by atoms with Gasteiger partial charge in [-0.1, -0.05) is 66.7 Å². The predicted molar refractivity (Wildman–Crippen MR) is 126 cm³/mol. The van der Waals surface area contributed by atoms with E-state index in [1.54, 1.807) is 60.7 Å². The number of rotatable bonds is 0. The number of Topliss-reactive ketones (excluding diaryl/α,β-unsaturated/α-hetero) is 2. The van der Waals surface area contributed by atoms with Crippen LogP contribution in [-0.2, 0) is 6.42 Å². The second-order valence-corrected chi connectivity index (χ2v) is 9.10. The van der Waals surface area contributed by atoms with E-state index in [-0.39, 0.29) is 35.1 Å². The van der Waals surface area contributed by atoms with Crippen LogP contribution in [0.3, 0.4) is 0 Å². The van der Waals surface area contributed by atoms with Crippen LogP contribution in [0.4, 0.5) is 5.69 Å². The Hall–Kier alpha value is -4.38. The minimum Gasteiger partial charge on any atom is -0.377 e. The van der Waals surface area contributed by atoms with Gasteiger partial charge >= 0.3 is 0 Å². The molecule has 2 unspecified atom stereocenters. The Kier molecular flexibility index (Phi) is 3.70. The van der Waals surface area contributed by atoms with Crippen LogP contribution >= 0.6 is 0 Å². The van der Waals surface area contributed by atoms with Gasteiger partial charge in [0.2, 0.25) is 0 Å². The Morgan fingerprint density at radius 1 is 0.647 bits per heavy atom. The summed E-state index contributed by atoms with van der Waals surface area (Å²) < 4.78 is 0. The van der Waals surface area contributed by atoms with Crippen molar-refractivity contribution in [2.75, 3.05) is 5.32 Å². The quantitative estimate of drug-likeness (QED) is 0.437. The summed E-state index contributed by atoms with van der Waals surface area (Å²) in [4.78, 5) is 53.1. The van der Waals surface area contributed by atoms with Gasteiger partial charge in [0, 0.05) is 50.6 Å². The Morgan fingerprint density at radius 3 is 1.97 bits per heavy atom. The molecule has 1 heterocycles. The van der Waals surface area contributed by atoms with E-state index in [1.165, 1.54) is 0 Å². The first-order valence-corrected chi connectivity index (χ1v) is 11.3. The highest BCUT2D eigenvalue weighted by atomic mass is 16.1. The van der Waals surface area contributed by atoms with Crippen LogP contribution in [0, 0.1) is 5.92 Å². The van der Waals surface area contributed by atoms with Crippen molar-refractivity contribution in [2.45, 2.75) is 12.5 Å². The lowest BCUT2D eigenvalue weighted by molar-refractivity contribution is 0.0965. The first kappa shape index (κ1) is 19.1. The molecule has 0 radical (unpaired) electrons.